The Hall–Kier alpha value is -4.11. The second kappa shape index (κ2) is 10.9. The van der Waals surface area contributed by atoms with Crippen LogP contribution in [-0.2, 0) is 7.05 Å². The Morgan fingerprint density at radius 3 is 2.28 bits per heavy atom. The normalized spacial score (nSPS) is 16.8. The predicted octanol–water partition coefficient (Wildman–Crippen LogP) is 3.91. The molecule has 39 heavy (non-hydrogen) atoms. The van der Waals surface area contributed by atoms with Gasteiger partial charge in [-0.05, 0) is 41.8 Å². The van der Waals surface area contributed by atoms with E-state index in [1.807, 2.05) is 29.9 Å². The Balaban J connectivity index is 0.00000172. The first-order valence-corrected chi connectivity index (χ1v) is 13.1. The number of nitrogen functional groups attached to an aromatic ring is 1. The molecule has 2 saturated heterocycles. The van der Waals surface area contributed by atoms with Crippen molar-refractivity contribution in [1.82, 2.24) is 9.78 Å². The SMILES string of the molecule is C=C(O)C(c1cc(N2CC3(CN(c4ccc(/C=C(\N)c5ccccc5O)c(N)c4)C3)C2)n(C)n1)C(C)C.CO. The van der Waals surface area contributed by atoms with E-state index in [-0.39, 0.29) is 28.8 Å². The third-order valence-corrected chi connectivity index (χ3v) is 7.61. The number of phenolic OH excluding ortho intramolecular Hbond substituents is 1. The number of para-hydroxylation sites is 1. The molecule has 0 saturated carbocycles. The van der Waals surface area contributed by atoms with Crippen LogP contribution < -0.4 is 21.3 Å². The third-order valence-electron chi connectivity index (χ3n) is 7.61. The van der Waals surface area contributed by atoms with E-state index in [2.05, 4.69) is 47.5 Å². The maximum absolute atomic E-state index is 10.1. The lowest BCUT2D eigenvalue weighted by Gasteiger charge is -2.61. The summed E-state index contributed by atoms with van der Waals surface area (Å²) in [4.78, 5) is 4.71. The molecule has 2 aliphatic rings. The molecule has 0 amide bonds. The van der Waals surface area contributed by atoms with Gasteiger partial charge < -0.3 is 36.6 Å². The van der Waals surface area contributed by atoms with Gasteiger partial charge in [0.05, 0.1) is 17.4 Å². The lowest BCUT2D eigenvalue weighted by Crippen LogP contribution is -2.72. The van der Waals surface area contributed by atoms with Gasteiger partial charge in [-0.25, -0.2) is 0 Å². The van der Waals surface area contributed by atoms with Gasteiger partial charge in [0.15, 0.2) is 0 Å². The molecule has 1 unspecified atom stereocenters. The molecule has 2 aromatic carbocycles. The van der Waals surface area contributed by atoms with Crippen LogP contribution in [0, 0.1) is 11.3 Å². The predicted molar refractivity (Wildman–Crippen MR) is 159 cm³/mol. The molecule has 7 N–H and O–H groups in total. The molecule has 5 rings (SSSR count). The summed E-state index contributed by atoms with van der Waals surface area (Å²) in [7, 11) is 2.96. The second-order valence-corrected chi connectivity index (χ2v) is 10.9. The smallest absolute Gasteiger partial charge is 0.126 e. The van der Waals surface area contributed by atoms with Gasteiger partial charge in [0.2, 0.25) is 0 Å². The number of phenols is 1. The number of aromatic hydroxyl groups is 1. The number of rotatable bonds is 7. The molecule has 0 radical (unpaired) electrons. The fourth-order valence-electron chi connectivity index (χ4n) is 5.75. The van der Waals surface area contributed by atoms with Crippen molar-refractivity contribution >= 4 is 29.0 Å². The van der Waals surface area contributed by atoms with Crippen molar-refractivity contribution in [2.45, 2.75) is 19.8 Å². The van der Waals surface area contributed by atoms with Crippen molar-refractivity contribution in [1.29, 1.82) is 0 Å². The van der Waals surface area contributed by atoms with Crippen LogP contribution in [0.4, 0.5) is 17.2 Å². The number of allylic oxidation sites excluding steroid dienone is 1. The molecule has 1 aromatic heterocycles. The summed E-state index contributed by atoms with van der Waals surface area (Å²) in [6.07, 6.45) is 1.80. The number of nitrogens with zero attached hydrogens (tertiary/aromatic N) is 4. The van der Waals surface area contributed by atoms with E-state index in [0.29, 0.717) is 16.9 Å². The van der Waals surface area contributed by atoms with E-state index in [4.69, 9.17) is 16.6 Å². The third kappa shape index (κ3) is 5.40. The number of hydrogen-bond acceptors (Lipinski definition) is 8. The number of anilines is 3. The van der Waals surface area contributed by atoms with Crippen molar-refractivity contribution in [2.24, 2.45) is 24.1 Å². The van der Waals surface area contributed by atoms with Crippen LogP contribution in [0.3, 0.4) is 0 Å². The van der Waals surface area contributed by atoms with Crippen LogP contribution in [0.2, 0.25) is 0 Å². The van der Waals surface area contributed by atoms with Gasteiger partial charge in [-0.2, -0.15) is 5.10 Å². The van der Waals surface area contributed by atoms with E-state index in [1.54, 1.807) is 24.3 Å². The maximum Gasteiger partial charge on any atom is 0.126 e. The minimum atomic E-state index is -0.161. The molecular formula is C30H40N6O3. The summed E-state index contributed by atoms with van der Waals surface area (Å²) in [6, 6.07) is 15.1. The first kappa shape index (κ1) is 27.9. The van der Waals surface area contributed by atoms with E-state index in [0.717, 1.165) is 56.1 Å². The minimum Gasteiger partial charge on any atom is -0.512 e. The Morgan fingerprint density at radius 2 is 1.69 bits per heavy atom. The number of aromatic nitrogens is 2. The molecule has 208 valence electrons. The van der Waals surface area contributed by atoms with Crippen LogP contribution >= 0.6 is 0 Å². The molecule has 1 atom stereocenters. The zero-order valence-electron chi connectivity index (χ0n) is 23.2. The second-order valence-electron chi connectivity index (χ2n) is 10.9. The number of hydrogen-bond donors (Lipinski definition) is 5. The summed E-state index contributed by atoms with van der Waals surface area (Å²) in [6.45, 7) is 11.8. The number of aliphatic hydroxyl groups excluding tert-OH is 2. The summed E-state index contributed by atoms with van der Waals surface area (Å²) in [5.74, 6) is 1.45. The first-order valence-electron chi connectivity index (χ1n) is 13.1. The molecule has 1 spiro atoms. The first-order chi connectivity index (χ1) is 18.6. The Kier molecular flexibility index (Phi) is 7.83. The molecular weight excluding hydrogens is 492 g/mol. The molecule has 2 fully saturated rings. The van der Waals surface area contributed by atoms with Crippen LogP contribution in [-0.4, -0.2) is 58.4 Å². The van der Waals surface area contributed by atoms with E-state index in [1.165, 1.54) is 0 Å². The maximum atomic E-state index is 10.1. The van der Waals surface area contributed by atoms with Gasteiger partial charge in [0.25, 0.3) is 0 Å². The number of aryl methyl sites for hydroxylation is 1. The largest absolute Gasteiger partial charge is 0.512 e. The number of nitrogens with two attached hydrogens (primary N) is 2. The van der Waals surface area contributed by atoms with Gasteiger partial charge in [-0.15, -0.1) is 0 Å². The van der Waals surface area contributed by atoms with Crippen molar-refractivity contribution < 1.29 is 15.3 Å². The van der Waals surface area contributed by atoms with Crippen molar-refractivity contribution in [3.05, 3.63) is 77.7 Å². The highest BCUT2D eigenvalue weighted by atomic mass is 16.3. The molecule has 9 nitrogen and oxygen atoms in total. The number of aliphatic hydroxyl groups is 2. The molecule has 9 heteroatoms. The fraction of sp³-hybridized carbons (Fsp3) is 0.367. The van der Waals surface area contributed by atoms with E-state index >= 15 is 0 Å². The minimum absolute atomic E-state index is 0.146. The lowest BCUT2D eigenvalue weighted by atomic mass is 9.72. The van der Waals surface area contributed by atoms with Gasteiger partial charge in [-0.3, -0.25) is 4.68 Å². The highest BCUT2D eigenvalue weighted by molar-refractivity contribution is 5.85. The highest BCUT2D eigenvalue weighted by Crippen LogP contribution is 2.45. The van der Waals surface area contributed by atoms with E-state index < -0.39 is 0 Å². The average Bonchev–Trinajstić information content (AvgIpc) is 3.20. The lowest BCUT2D eigenvalue weighted by molar-refractivity contribution is 0.155. The van der Waals surface area contributed by atoms with Crippen LogP contribution in [0.15, 0.2) is 60.9 Å². The van der Waals surface area contributed by atoms with Gasteiger partial charge in [0.1, 0.15) is 11.6 Å². The zero-order chi connectivity index (χ0) is 28.5. The monoisotopic (exact) mass is 532 g/mol. The average molecular weight is 533 g/mol. The number of benzene rings is 2. The topological polar surface area (TPSA) is 137 Å². The Labute approximate surface area is 230 Å². The summed E-state index contributed by atoms with van der Waals surface area (Å²) < 4.78 is 1.91. The van der Waals surface area contributed by atoms with Gasteiger partial charge >= 0.3 is 0 Å². The Bertz CT molecular complexity index is 1360. The van der Waals surface area contributed by atoms with Crippen LogP contribution in [0.1, 0.15) is 36.6 Å². The molecule has 3 aromatic rings. The van der Waals surface area contributed by atoms with Gasteiger partial charge in [0, 0.05) is 74.5 Å². The summed E-state index contributed by atoms with van der Waals surface area (Å²) in [5.41, 5.74) is 17.4. The van der Waals surface area contributed by atoms with Crippen molar-refractivity contribution in [3.8, 4) is 5.75 Å². The van der Waals surface area contributed by atoms with Crippen molar-refractivity contribution in [3.63, 3.8) is 0 Å². The molecule has 0 bridgehead atoms. The summed E-state index contributed by atoms with van der Waals surface area (Å²) >= 11 is 0. The summed E-state index contributed by atoms with van der Waals surface area (Å²) in [5, 5.41) is 31.8. The molecule has 0 aliphatic carbocycles. The fourth-order valence-corrected chi connectivity index (χ4v) is 5.75. The van der Waals surface area contributed by atoms with Gasteiger partial charge in [-0.1, -0.05) is 38.6 Å². The zero-order valence-corrected chi connectivity index (χ0v) is 23.2. The van der Waals surface area contributed by atoms with Crippen LogP contribution in [0.25, 0.3) is 11.8 Å². The highest BCUT2D eigenvalue weighted by Gasteiger charge is 2.52. The van der Waals surface area contributed by atoms with Crippen LogP contribution in [0.5, 0.6) is 5.75 Å². The quantitative estimate of drug-likeness (QED) is 0.175. The standard InChI is InChI=1S/C29H36N6O2.CH4O/c1-18(2)28(19(3)36)25-13-27(33(4)32-25)35-16-29(17-35)14-34(15-29)21-10-9-20(23(30)12-21)11-24(31)22-7-5-6-8-26(22)37;1-2/h5-13,18,28,36-37H,3,14-17,30-31H2,1-2,4H3;2H,1H3/b24-11-;. The van der Waals surface area contributed by atoms with E-state index in [9.17, 15) is 10.2 Å². The Morgan fingerprint density at radius 1 is 1.05 bits per heavy atom. The van der Waals surface area contributed by atoms with Crippen molar-refractivity contribution in [2.75, 3.05) is 48.8 Å². The molecule has 2 aliphatic heterocycles. The molecule has 3 heterocycles.